The first-order valence-electron chi connectivity index (χ1n) is 7.01. The molecule has 0 fully saturated rings. The summed E-state index contributed by atoms with van der Waals surface area (Å²) in [4.78, 5) is 39.4. The van der Waals surface area contributed by atoms with Gasteiger partial charge in [-0.2, -0.15) is 0 Å². The van der Waals surface area contributed by atoms with Gasteiger partial charge in [0, 0.05) is 0 Å². The smallest absolute Gasteiger partial charge is 0.408 e. The second-order valence-corrected chi connectivity index (χ2v) is 6.67. The predicted octanol–water partition coefficient (Wildman–Crippen LogP) is 2.06. The van der Waals surface area contributed by atoms with Crippen LogP contribution in [-0.2, 0) is 9.53 Å². The first-order chi connectivity index (χ1) is 10.6. The van der Waals surface area contributed by atoms with E-state index in [1.54, 1.807) is 39.0 Å². The average molecular weight is 386 g/mol. The van der Waals surface area contributed by atoms with Crippen molar-refractivity contribution < 1.29 is 19.1 Å². The third-order valence-electron chi connectivity index (χ3n) is 2.55. The van der Waals surface area contributed by atoms with Gasteiger partial charge < -0.3 is 15.4 Å². The highest BCUT2D eigenvalue weighted by Crippen LogP contribution is 2.07. The van der Waals surface area contributed by atoms with Gasteiger partial charge >= 0.3 is 6.09 Å². The zero-order chi connectivity index (χ0) is 17.6. The predicted molar refractivity (Wildman–Crippen MR) is 88.1 cm³/mol. The third kappa shape index (κ3) is 7.23. The molecule has 0 aliphatic carbocycles. The molecule has 0 aliphatic rings. The number of carbonyl (C=O) groups excluding carboxylic acids is 3. The van der Waals surface area contributed by atoms with Crippen LogP contribution in [0.5, 0.6) is 0 Å². The number of alkyl carbamates (subject to hydrolysis) is 1. The Bertz CT molecular complexity index is 599. The Morgan fingerprint density at radius 1 is 1.30 bits per heavy atom. The summed E-state index contributed by atoms with van der Waals surface area (Å²) in [5.74, 6) is -0.816. The molecule has 2 N–H and O–H groups in total. The van der Waals surface area contributed by atoms with E-state index < -0.39 is 23.6 Å². The van der Waals surface area contributed by atoms with Crippen molar-refractivity contribution in [2.24, 2.45) is 0 Å². The second kappa shape index (κ2) is 8.05. The molecule has 0 saturated carbocycles. The molecule has 0 aliphatic heterocycles. The third-order valence-corrected chi connectivity index (χ3v) is 2.99. The number of nitrogens with zero attached hydrogens (tertiary/aromatic N) is 1. The zero-order valence-corrected chi connectivity index (χ0v) is 15.1. The minimum Gasteiger partial charge on any atom is -0.444 e. The summed E-state index contributed by atoms with van der Waals surface area (Å²) >= 11 is 3.17. The van der Waals surface area contributed by atoms with Crippen LogP contribution in [0.3, 0.4) is 0 Å². The van der Waals surface area contributed by atoms with Crippen LogP contribution in [0.1, 0.15) is 38.2 Å². The minimum absolute atomic E-state index is 0.206. The van der Waals surface area contributed by atoms with Gasteiger partial charge in [0.25, 0.3) is 0 Å². The molecule has 1 heterocycles. The van der Waals surface area contributed by atoms with E-state index in [0.29, 0.717) is 4.60 Å². The van der Waals surface area contributed by atoms with Crippen LogP contribution in [0.4, 0.5) is 4.79 Å². The van der Waals surface area contributed by atoms with Crippen molar-refractivity contribution in [3.8, 4) is 0 Å². The largest absolute Gasteiger partial charge is 0.444 e. The summed E-state index contributed by atoms with van der Waals surface area (Å²) in [5, 5.41) is 4.86. The number of aromatic nitrogens is 1. The number of nitrogens with one attached hydrogen (secondary N) is 2. The summed E-state index contributed by atoms with van der Waals surface area (Å²) in [6.45, 7) is 6.46. The average Bonchev–Trinajstić information content (AvgIpc) is 2.42. The van der Waals surface area contributed by atoms with Crippen molar-refractivity contribution in [1.29, 1.82) is 0 Å². The molecule has 1 aromatic rings. The van der Waals surface area contributed by atoms with Crippen molar-refractivity contribution in [3.63, 3.8) is 0 Å². The van der Waals surface area contributed by atoms with Crippen molar-refractivity contribution in [1.82, 2.24) is 15.6 Å². The lowest BCUT2D eigenvalue weighted by atomic mass is 10.2. The van der Waals surface area contributed by atoms with E-state index in [0.717, 1.165) is 0 Å². The van der Waals surface area contributed by atoms with Gasteiger partial charge in [-0.3, -0.25) is 9.59 Å². The highest BCUT2D eigenvalue weighted by molar-refractivity contribution is 9.10. The molecule has 0 bridgehead atoms. The SMILES string of the molecule is CC(NC(=O)OC(C)(C)C)C(=O)NCC(=O)c1cccc(Br)n1. The molecule has 0 spiro atoms. The fourth-order valence-corrected chi connectivity index (χ4v) is 1.87. The van der Waals surface area contributed by atoms with Crippen LogP contribution in [0.2, 0.25) is 0 Å². The van der Waals surface area contributed by atoms with E-state index in [4.69, 9.17) is 4.74 Å². The fourth-order valence-electron chi connectivity index (χ4n) is 1.52. The lowest BCUT2D eigenvalue weighted by molar-refractivity contribution is -0.122. The molecular weight excluding hydrogens is 366 g/mol. The molecular formula is C15H20BrN3O4. The minimum atomic E-state index is -0.826. The maximum atomic E-state index is 11.9. The quantitative estimate of drug-likeness (QED) is 0.597. The first-order valence-corrected chi connectivity index (χ1v) is 7.81. The Hall–Kier alpha value is -1.96. The van der Waals surface area contributed by atoms with Crippen molar-refractivity contribution in [3.05, 3.63) is 28.5 Å². The van der Waals surface area contributed by atoms with Gasteiger partial charge in [0.05, 0.1) is 6.54 Å². The number of halogens is 1. The van der Waals surface area contributed by atoms with Crippen LogP contribution in [0.25, 0.3) is 0 Å². The normalized spacial score (nSPS) is 12.2. The van der Waals surface area contributed by atoms with Gasteiger partial charge in [-0.05, 0) is 55.8 Å². The van der Waals surface area contributed by atoms with Crippen LogP contribution in [-0.4, -0.2) is 41.0 Å². The number of Topliss-reactive ketones (excluding diaryl/α,β-unsaturated/α-hetero) is 1. The standard InChI is InChI=1S/C15H20BrN3O4/c1-9(18-14(22)23-15(2,3)4)13(21)17-8-11(20)10-6-5-7-12(16)19-10/h5-7,9H,8H2,1-4H3,(H,17,21)(H,18,22). The van der Waals surface area contributed by atoms with Gasteiger partial charge in [0.15, 0.2) is 5.78 Å². The van der Waals surface area contributed by atoms with E-state index in [2.05, 4.69) is 31.5 Å². The van der Waals surface area contributed by atoms with E-state index in [1.165, 1.54) is 6.92 Å². The van der Waals surface area contributed by atoms with E-state index >= 15 is 0 Å². The Morgan fingerprint density at radius 3 is 2.52 bits per heavy atom. The van der Waals surface area contributed by atoms with Crippen LogP contribution < -0.4 is 10.6 Å². The Balaban J connectivity index is 2.46. The molecule has 2 amide bonds. The van der Waals surface area contributed by atoms with Crippen LogP contribution in [0.15, 0.2) is 22.8 Å². The molecule has 0 aromatic carbocycles. The van der Waals surface area contributed by atoms with Crippen LogP contribution >= 0.6 is 15.9 Å². The molecule has 8 heteroatoms. The summed E-state index contributed by atoms with van der Waals surface area (Å²) in [6.07, 6.45) is -0.694. The van der Waals surface area contributed by atoms with Gasteiger partial charge in [0.2, 0.25) is 5.91 Å². The molecule has 1 aromatic heterocycles. The van der Waals surface area contributed by atoms with Gasteiger partial charge in [-0.25, -0.2) is 9.78 Å². The van der Waals surface area contributed by atoms with Gasteiger partial charge in [-0.15, -0.1) is 0 Å². The monoisotopic (exact) mass is 385 g/mol. The number of amides is 2. The molecule has 1 unspecified atom stereocenters. The van der Waals surface area contributed by atoms with Crippen LogP contribution in [0, 0.1) is 0 Å². The number of pyridine rings is 1. The highest BCUT2D eigenvalue weighted by Gasteiger charge is 2.21. The number of rotatable bonds is 5. The molecule has 0 radical (unpaired) electrons. The maximum Gasteiger partial charge on any atom is 0.408 e. The molecule has 0 saturated heterocycles. The maximum absolute atomic E-state index is 11.9. The van der Waals surface area contributed by atoms with Gasteiger partial charge in [0.1, 0.15) is 21.9 Å². The lowest BCUT2D eigenvalue weighted by Crippen LogP contribution is -2.47. The van der Waals surface area contributed by atoms with Crippen molar-refractivity contribution >= 4 is 33.7 Å². The fraction of sp³-hybridized carbons (Fsp3) is 0.467. The molecule has 1 atom stereocenters. The number of carbonyl (C=O) groups is 3. The van der Waals surface area contributed by atoms with E-state index in [1.807, 2.05) is 0 Å². The first kappa shape index (κ1) is 19.1. The zero-order valence-electron chi connectivity index (χ0n) is 13.5. The Kier molecular flexibility index (Phi) is 6.68. The van der Waals surface area contributed by atoms with Crippen molar-refractivity contribution in [2.75, 3.05) is 6.54 Å². The number of ketones is 1. The van der Waals surface area contributed by atoms with Crippen molar-refractivity contribution in [2.45, 2.75) is 39.3 Å². The summed E-state index contributed by atoms with van der Waals surface area (Å²) in [5.41, 5.74) is -0.407. The van der Waals surface area contributed by atoms with E-state index in [-0.39, 0.29) is 18.0 Å². The van der Waals surface area contributed by atoms with E-state index in [9.17, 15) is 14.4 Å². The second-order valence-electron chi connectivity index (χ2n) is 5.85. The number of ether oxygens (including phenoxy) is 1. The Morgan fingerprint density at radius 2 is 1.96 bits per heavy atom. The summed E-state index contributed by atoms with van der Waals surface area (Å²) in [6, 6.07) is 4.11. The molecule has 126 valence electrons. The topological polar surface area (TPSA) is 97.4 Å². The highest BCUT2D eigenvalue weighted by atomic mass is 79.9. The lowest BCUT2D eigenvalue weighted by Gasteiger charge is -2.21. The molecule has 23 heavy (non-hydrogen) atoms. The summed E-state index contributed by atoms with van der Waals surface area (Å²) < 4.78 is 5.59. The summed E-state index contributed by atoms with van der Waals surface area (Å²) in [7, 11) is 0. The molecule has 7 nitrogen and oxygen atoms in total. The molecule has 1 rings (SSSR count). The Labute approximate surface area is 143 Å². The van der Waals surface area contributed by atoms with Gasteiger partial charge in [-0.1, -0.05) is 6.07 Å². The number of hydrogen-bond acceptors (Lipinski definition) is 5. The number of hydrogen-bond donors (Lipinski definition) is 2.